The van der Waals surface area contributed by atoms with Gasteiger partial charge in [0.25, 0.3) is 0 Å². The van der Waals surface area contributed by atoms with Crippen LogP contribution in [0.5, 0.6) is 0 Å². The first kappa shape index (κ1) is 9.27. The molecular formula is AgO3W. The topological polar surface area (TPSA) is 51.2 Å². The summed E-state index contributed by atoms with van der Waals surface area (Å²) in [7, 11) is 0. The minimum atomic E-state index is -4.28. The van der Waals surface area contributed by atoms with Gasteiger partial charge in [0.1, 0.15) is 0 Å². The Morgan fingerprint density at radius 1 is 1.00 bits per heavy atom. The Morgan fingerprint density at radius 3 is 1.00 bits per heavy atom. The van der Waals surface area contributed by atoms with E-state index >= 15 is 0 Å². The molecule has 0 unspecified atom stereocenters. The zero-order valence-corrected chi connectivity index (χ0v) is 6.35. The van der Waals surface area contributed by atoms with Crippen LogP contribution in [0.25, 0.3) is 0 Å². The Hall–Kier alpha value is 0.829. The molecule has 5 heteroatoms. The minimum absolute atomic E-state index is 0. The van der Waals surface area contributed by atoms with Gasteiger partial charge in [0.15, 0.2) is 0 Å². The number of hydrogen-bond acceptors (Lipinski definition) is 3. The van der Waals surface area contributed by atoms with Crippen molar-refractivity contribution < 1.29 is 49.8 Å². The van der Waals surface area contributed by atoms with Gasteiger partial charge in [-0.3, -0.25) is 0 Å². The Morgan fingerprint density at radius 2 is 1.00 bits per heavy atom. The van der Waals surface area contributed by atoms with Crippen LogP contribution >= 0.6 is 0 Å². The van der Waals surface area contributed by atoms with Crippen LogP contribution in [0.2, 0.25) is 0 Å². The molecule has 0 rings (SSSR count). The van der Waals surface area contributed by atoms with Crippen molar-refractivity contribution in [1.29, 1.82) is 0 Å². The van der Waals surface area contributed by atoms with Crippen molar-refractivity contribution in [3.63, 3.8) is 0 Å². The summed E-state index contributed by atoms with van der Waals surface area (Å²) in [6.45, 7) is 0. The fourth-order valence-electron chi connectivity index (χ4n) is 0. The molecule has 0 aliphatic carbocycles. The average molecular weight is 340 g/mol. The molecule has 0 atom stereocenters. The SMILES string of the molecule is [Ag].[O]=[W](=[O])=[O]. The molecule has 0 saturated heterocycles. The molecule has 0 heterocycles. The molecule has 3 nitrogen and oxygen atoms in total. The van der Waals surface area contributed by atoms with E-state index in [9.17, 15) is 0 Å². The quantitative estimate of drug-likeness (QED) is 0.566. The normalized spacial score (nSPS) is 4.80. The van der Waals surface area contributed by atoms with E-state index in [-0.39, 0.29) is 22.4 Å². The van der Waals surface area contributed by atoms with Gasteiger partial charge in [-0.25, -0.2) is 0 Å². The van der Waals surface area contributed by atoms with Gasteiger partial charge in [-0.1, -0.05) is 0 Å². The average Bonchev–Trinajstić information content (AvgIpc) is 0.811. The van der Waals surface area contributed by atoms with Crippen molar-refractivity contribution in [2.45, 2.75) is 0 Å². The number of rotatable bonds is 0. The monoisotopic (exact) mass is 339 g/mol. The maximum absolute atomic E-state index is 8.61. The summed E-state index contributed by atoms with van der Waals surface area (Å²) in [5.74, 6) is 0. The van der Waals surface area contributed by atoms with E-state index in [0.29, 0.717) is 0 Å². The van der Waals surface area contributed by atoms with Crippen LogP contribution in [0.3, 0.4) is 0 Å². The molecule has 0 bridgehead atoms. The molecule has 1 radical (unpaired) electrons. The van der Waals surface area contributed by atoms with Crippen molar-refractivity contribution in [3.05, 3.63) is 0 Å². The van der Waals surface area contributed by atoms with E-state index in [2.05, 4.69) is 0 Å². The Labute approximate surface area is 49.7 Å². The van der Waals surface area contributed by atoms with Crippen LogP contribution < -0.4 is 0 Å². The predicted octanol–water partition coefficient (Wildman–Crippen LogP) is -0.361. The van der Waals surface area contributed by atoms with E-state index in [1.165, 1.54) is 0 Å². The van der Waals surface area contributed by atoms with Gasteiger partial charge in [-0.05, 0) is 0 Å². The van der Waals surface area contributed by atoms with Crippen LogP contribution in [0, 0.1) is 0 Å². The second kappa shape index (κ2) is 4.83. The first-order valence-electron chi connectivity index (χ1n) is 0.500. The van der Waals surface area contributed by atoms with Gasteiger partial charge in [0.05, 0.1) is 0 Å². The molecule has 0 spiro atoms. The van der Waals surface area contributed by atoms with Crippen molar-refractivity contribution in [1.82, 2.24) is 0 Å². The van der Waals surface area contributed by atoms with Gasteiger partial charge >= 0.3 is 27.4 Å². The van der Waals surface area contributed by atoms with Gasteiger partial charge in [-0.15, -0.1) is 0 Å². The zero-order chi connectivity index (χ0) is 3.58. The van der Waals surface area contributed by atoms with Gasteiger partial charge < -0.3 is 0 Å². The van der Waals surface area contributed by atoms with Crippen molar-refractivity contribution in [2.75, 3.05) is 0 Å². The molecule has 0 aliphatic heterocycles. The summed E-state index contributed by atoms with van der Waals surface area (Å²) in [4.78, 5) is 0. The number of hydrogen-bond donors (Lipinski definition) is 0. The van der Waals surface area contributed by atoms with E-state index in [0.717, 1.165) is 0 Å². The summed E-state index contributed by atoms with van der Waals surface area (Å²) in [5, 5.41) is 0. The van der Waals surface area contributed by atoms with Crippen LogP contribution in [0.15, 0.2) is 0 Å². The summed E-state index contributed by atoms with van der Waals surface area (Å²) in [6, 6.07) is 0. The Balaban J connectivity index is 0. The van der Waals surface area contributed by atoms with Gasteiger partial charge in [0, 0.05) is 22.4 Å². The van der Waals surface area contributed by atoms with Crippen molar-refractivity contribution in [3.8, 4) is 0 Å². The van der Waals surface area contributed by atoms with E-state index in [1.807, 2.05) is 0 Å². The van der Waals surface area contributed by atoms with Crippen molar-refractivity contribution >= 4 is 0 Å². The molecule has 0 fully saturated rings. The molecular weight excluding hydrogens is 340 g/mol. The second-order valence-corrected chi connectivity index (χ2v) is 1.67. The Bertz CT molecular complexity index is 76.3. The standard InChI is InChI=1S/Ag.3O.W. The van der Waals surface area contributed by atoms with Crippen molar-refractivity contribution in [2.24, 2.45) is 0 Å². The summed E-state index contributed by atoms with van der Waals surface area (Å²) < 4.78 is 25.8. The predicted molar refractivity (Wildman–Crippen MR) is 2.06 cm³/mol. The van der Waals surface area contributed by atoms with Crippen LogP contribution in [-0.4, -0.2) is 0 Å². The van der Waals surface area contributed by atoms with Crippen LogP contribution in [0.4, 0.5) is 0 Å². The summed E-state index contributed by atoms with van der Waals surface area (Å²) in [6.07, 6.45) is 0. The van der Waals surface area contributed by atoms with Crippen LogP contribution in [0.1, 0.15) is 0 Å². The zero-order valence-electron chi connectivity index (χ0n) is 1.93. The molecule has 0 aliphatic rings. The molecule has 0 aromatic carbocycles. The molecule has 0 saturated carbocycles. The molecule has 0 aromatic rings. The first-order valence-corrected chi connectivity index (χ1v) is 4.09. The summed E-state index contributed by atoms with van der Waals surface area (Å²) >= 11 is -4.28. The van der Waals surface area contributed by atoms with E-state index in [1.54, 1.807) is 0 Å². The first-order chi connectivity index (χ1) is 1.73. The molecule has 0 amide bonds. The second-order valence-electron chi connectivity index (χ2n) is 0.204. The summed E-state index contributed by atoms with van der Waals surface area (Å²) in [5.41, 5.74) is 0. The molecule has 0 N–H and O–H groups in total. The third kappa shape index (κ3) is 56.3. The van der Waals surface area contributed by atoms with E-state index in [4.69, 9.17) is 10.2 Å². The van der Waals surface area contributed by atoms with E-state index < -0.39 is 17.2 Å². The fourth-order valence-corrected chi connectivity index (χ4v) is 0. The molecule has 5 heavy (non-hydrogen) atoms. The molecule has 0 aromatic heterocycles. The maximum atomic E-state index is 8.61. The third-order valence-corrected chi connectivity index (χ3v) is 0. The van der Waals surface area contributed by atoms with Gasteiger partial charge in [0.2, 0.25) is 0 Å². The molecule has 35 valence electrons. The van der Waals surface area contributed by atoms with Crippen LogP contribution in [-0.2, 0) is 49.8 Å². The third-order valence-electron chi connectivity index (χ3n) is 0. The van der Waals surface area contributed by atoms with Gasteiger partial charge in [-0.2, -0.15) is 0 Å². The fraction of sp³-hybridized carbons (Fsp3) is 0. The Kier molecular flexibility index (Phi) is 8.95.